The fraction of sp³-hybridized carbons (Fsp3) is 0.417. The largest absolute Gasteiger partial charge is 0.506 e. The minimum atomic E-state index is -0.195. The highest BCUT2D eigenvalue weighted by Crippen LogP contribution is 2.24. The van der Waals surface area contributed by atoms with E-state index in [4.69, 9.17) is 10.5 Å². The monoisotopic (exact) mass is 236 g/mol. The van der Waals surface area contributed by atoms with Crippen LogP contribution in [0, 0.1) is 0 Å². The quantitative estimate of drug-likeness (QED) is 0.537. The summed E-state index contributed by atoms with van der Waals surface area (Å²) in [7, 11) is 1.67. The summed E-state index contributed by atoms with van der Waals surface area (Å²) in [4.78, 5) is 11.8. The Bertz CT molecular complexity index is 428. The second kappa shape index (κ2) is 4.63. The second-order valence-corrected chi connectivity index (χ2v) is 4.27. The number of anilines is 1. The maximum atomic E-state index is 11.8. The normalized spacial score (nSPS) is 22.9. The van der Waals surface area contributed by atoms with Crippen molar-refractivity contribution in [1.29, 1.82) is 0 Å². The van der Waals surface area contributed by atoms with Gasteiger partial charge in [-0.15, -0.1) is 0 Å². The summed E-state index contributed by atoms with van der Waals surface area (Å²) in [5.41, 5.74) is 6.15. The molecule has 1 aliphatic rings. The van der Waals surface area contributed by atoms with E-state index in [-0.39, 0.29) is 29.5 Å². The van der Waals surface area contributed by atoms with E-state index in [1.807, 2.05) is 0 Å². The van der Waals surface area contributed by atoms with Gasteiger partial charge in [0, 0.05) is 18.7 Å². The maximum absolute atomic E-state index is 11.8. The Balaban J connectivity index is 1.94. The number of nitrogens with one attached hydrogen (secondary N) is 1. The predicted molar refractivity (Wildman–Crippen MR) is 63.8 cm³/mol. The van der Waals surface area contributed by atoms with Crippen molar-refractivity contribution in [2.75, 3.05) is 12.8 Å². The fourth-order valence-corrected chi connectivity index (χ4v) is 1.83. The zero-order chi connectivity index (χ0) is 12.4. The molecular formula is C12H16N2O3. The summed E-state index contributed by atoms with van der Waals surface area (Å²) >= 11 is 0. The fourth-order valence-electron chi connectivity index (χ4n) is 1.83. The van der Waals surface area contributed by atoms with Gasteiger partial charge >= 0.3 is 0 Å². The molecule has 0 saturated heterocycles. The van der Waals surface area contributed by atoms with Crippen LogP contribution in [0.4, 0.5) is 5.69 Å². The Labute approximate surface area is 99.6 Å². The molecule has 17 heavy (non-hydrogen) atoms. The standard InChI is InChI=1S/C12H16N2O3/c1-17-9-5-8(6-9)14-12(16)7-2-3-10(13)11(15)4-7/h2-4,8-9,15H,5-6,13H2,1H3,(H,14,16). The molecule has 0 spiro atoms. The number of benzene rings is 1. The number of phenolic OH excluding ortho intramolecular Hbond substituents is 1. The van der Waals surface area contributed by atoms with Gasteiger partial charge in [0.1, 0.15) is 5.75 Å². The molecule has 5 heteroatoms. The van der Waals surface area contributed by atoms with Crippen LogP contribution in [-0.4, -0.2) is 30.3 Å². The summed E-state index contributed by atoms with van der Waals surface area (Å²) in [6.45, 7) is 0. The number of hydrogen-bond acceptors (Lipinski definition) is 4. The minimum absolute atomic E-state index is 0.0685. The third-order valence-electron chi connectivity index (χ3n) is 3.06. The lowest BCUT2D eigenvalue weighted by Gasteiger charge is -2.34. The molecule has 0 radical (unpaired) electrons. The first-order chi connectivity index (χ1) is 8.10. The summed E-state index contributed by atoms with van der Waals surface area (Å²) < 4.78 is 5.13. The average Bonchev–Trinajstić information content (AvgIpc) is 2.26. The second-order valence-electron chi connectivity index (χ2n) is 4.27. The first-order valence-corrected chi connectivity index (χ1v) is 5.52. The van der Waals surface area contributed by atoms with Crippen molar-refractivity contribution in [2.45, 2.75) is 25.0 Å². The number of methoxy groups -OCH3 is 1. The van der Waals surface area contributed by atoms with Gasteiger partial charge in [-0.05, 0) is 31.0 Å². The SMILES string of the molecule is COC1CC(NC(=O)c2ccc(N)c(O)c2)C1. The molecule has 5 nitrogen and oxygen atoms in total. The lowest BCUT2D eigenvalue weighted by molar-refractivity contribution is 0.0176. The molecule has 92 valence electrons. The number of phenols is 1. The highest BCUT2D eigenvalue weighted by molar-refractivity contribution is 5.95. The first kappa shape index (κ1) is 11.7. The minimum Gasteiger partial charge on any atom is -0.506 e. The van der Waals surface area contributed by atoms with Gasteiger partial charge in [-0.2, -0.15) is 0 Å². The molecule has 1 saturated carbocycles. The van der Waals surface area contributed by atoms with Crippen LogP contribution in [0.5, 0.6) is 5.75 Å². The first-order valence-electron chi connectivity index (χ1n) is 5.52. The lowest BCUT2D eigenvalue weighted by atomic mass is 9.89. The molecule has 0 unspecified atom stereocenters. The Kier molecular flexibility index (Phi) is 3.19. The van der Waals surface area contributed by atoms with Crippen LogP contribution in [0.1, 0.15) is 23.2 Å². The molecule has 0 aromatic heterocycles. The van der Waals surface area contributed by atoms with E-state index < -0.39 is 0 Å². The lowest BCUT2D eigenvalue weighted by Crippen LogP contribution is -2.47. The summed E-state index contributed by atoms with van der Waals surface area (Å²) in [6.07, 6.45) is 1.92. The highest BCUT2D eigenvalue weighted by Gasteiger charge is 2.30. The number of aromatic hydroxyl groups is 1. The zero-order valence-corrected chi connectivity index (χ0v) is 9.64. The van der Waals surface area contributed by atoms with Crippen molar-refractivity contribution in [3.05, 3.63) is 23.8 Å². The molecule has 0 atom stereocenters. The van der Waals surface area contributed by atoms with Gasteiger partial charge < -0.3 is 20.9 Å². The summed E-state index contributed by atoms with van der Waals surface area (Å²) in [5.74, 6) is -0.263. The van der Waals surface area contributed by atoms with Crippen LogP contribution >= 0.6 is 0 Å². The Morgan fingerprint density at radius 3 is 2.82 bits per heavy atom. The van der Waals surface area contributed by atoms with E-state index in [0.29, 0.717) is 5.56 Å². The average molecular weight is 236 g/mol. The molecule has 4 N–H and O–H groups in total. The molecule has 2 rings (SSSR count). The van der Waals surface area contributed by atoms with Crippen LogP contribution in [-0.2, 0) is 4.74 Å². The van der Waals surface area contributed by atoms with Crippen molar-refractivity contribution in [3.63, 3.8) is 0 Å². The molecule has 1 aromatic rings. The van der Waals surface area contributed by atoms with Gasteiger partial charge in [0.25, 0.3) is 5.91 Å². The van der Waals surface area contributed by atoms with Crippen LogP contribution < -0.4 is 11.1 Å². The summed E-state index contributed by atoms with van der Waals surface area (Å²) in [6, 6.07) is 4.64. The van der Waals surface area contributed by atoms with Gasteiger partial charge in [0.2, 0.25) is 0 Å². The van der Waals surface area contributed by atoms with Crippen molar-refractivity contribution in [3.8, 4) is 5.75 Å². The highest BCUT2D eigenvalue weighted by atomic mass is 16.5. The van der Waals surface area contributed by atoms with Crippen LogP contribution in [0.2, 0.25) is 0 Å². The Morgan fingerprint density at radius 2 is 2.24 bits per heavy atom. The van der Waals surface area contributed by atoms with E-state index in [0.717, 1.165) is 12.8 Å². The maximum Gasteiger partial charge on any atom is 0.251 e. The molecule has 0 aliphatic heterocycles. The third-order valence-corrected chi connectivity index (χ3v) is 3.06. The predicted octanol–water partition coefficient (Wildman–Crippen LogP) is 0.882. The smallest absolute Gasteiger partial charge is 0.251 e. The number of hydrogen-bond donors (Lipinski definition) is 3. The van der Waals surface area contributed by atoms with Crippen LogP contribution in [0.15, 0.2) is 18.2 Å². The number of rotatable bonds is 3. The molecular weight excluding hydrogens is 220 g/mol. The van der Waals surface area contributed by atoms with E-state index >= 15 is 0 Å². The van der Waals surface area contributed by atoms with E-state index in [1.165, 1.54) is 12.1 Å². The van der Waals surface area contributed by atoms with Crippen molar-refractivity contribution in [1.82, 2.24) is 5.32 Å². The van der Waals surface area contributed by atoms with Crippen LogP contribution in [0.3, 0.4) is 0 Å². The number of carbonyl (C=O) groups excluding carboxylic acids is 1. The number of nitrogen functional groups attached to an aromatic ring is 1. The number of ether oxygens (including phenoxy) is 1. The molecule has 0 bridgehead atoms. The van der Waals surface area contributed by atoms with Gasteiger partial charge in [0.05, 0.1) is 11.8 Å². The number of nitrogens with two attached hydrogens (primary N) is 1. The molecule has 1 aliphatic carbocycles. The molecule has 0 heterocycles. The van der Waals surface area contributed by atoms with Crippen molar-refractivity contribution in [2.24, 2.45) is 0 Å². The zero-order valence-electron chi connectivity index (χ0n) is 9.64. The van der Waals surface area contributed by atoms with Gasteiger partial charge in [0.15, 0.2) is 0 Å². The Hall–Kier alpha value is -1.75. The van der Waals surface area contributed by atoms with E-state index in [9.17, 15) is 9.90 Å². The number of carbonyl (C=O) groups is 1. The third kappa shape index (κ3) is 2.50. The van der Waals surface area contributed by atoms with Gasteiger partial charge in [-0.1, -0.05) is 0 Å². The van der Waals surface area contributed by atoms with Crippen molar-refractivity contribution < 1.29 is 14.6 Å². The molecule has 1 aromatic carbocycles. The van der Waals surface area contributed by atoms with Gasteiger partial charge in [-0.3, -0.25) is 4.79 Å². The van der Waals surface area contributed by atoms with Crippen LogP contribution in [0.25, 0.3) is 0 Å². The summed E-state index contributed by atoms with van der Waals surface area (Å²) in [5, 5.41) is 12.3. The van der Waals surface area contributed by atoms with Gasteiger partial charge in [-0.25, -0.2) is 0 Å². The topological polar surface area (TPSA) is 84.6 Å². The van der Waals surface area contributed by atoms with E-state index in [1.54, 1.807) is 13.2 Å². The molecule has 1 fully saturated rings. The van der Waals surface area contributed by atoms with Crippen molar-refractivity contribution >= 4 is 11.6 Å². The number of amides is 1. The van der Waals surface area contributed by atoms with E-state index in [2.05, 4.69) is 5.32 Å². The molecule has 1 amide bonds. The Morgan fingerprint density at radius 1 is 1.53 bits per heavy atom.